The van der Waals surface area contributed by atoms with E-state index >= 15 is 0 Å². The smallest absolute Gasteiger partial charge is 0.409 e. The van der Waals surface area contributed by atoms with E-state index in [1.807, 2.05) is 0 Å². The van der Waals surface area contributed by atoms with Gasteiger partial charge in [-0.1, -0.05) is 23.1 Å². The Morgan fingerprint density at radius 2 is 2.05 bits per heavy atom. The van der Waals surface area contributed by atoms with Crippen LogP contribution in [0.2, 0.25) is 0 Å². The second kappa shape index (κ2) is 8.18. The fourth-order valence-corrected chi connectivity index (χ4v) is 3.65. The first-order chi connectivity index (χ1) is 10.6. The maximum Gasteiger partial charge on any atom is 0.409 e. The molecule has 2 rings (SSSR count). The van der Waals surface area contributed by atoms with Gasteiger partial charge in [0.2, 0.25) is 11.0 Å². The van der Waals surface area contributed by atoms with Gasteiger partial charge in [0.05, 0.1) is 12.4 Å². The Morgan fingerprint density at radius 3 is 2.68 bits per heavy atom. The molecule has 0 bridgehead atoms. The summed E-state index contributed by atoms with van der Waals surface area (Å²) in [6, 6.07) is 0. The Kier molecular flexibility index (Phi) is 6.25. The second-order valence-corrected chi connectivity index (χ2v) is 6.66. The minimum Gasteiger partial charge on any atom is -0.450 e. The molecule has 2 amide bonds. The van der Waals surface area contributed by atoms with E-state index in [4.69, 9.17) is 4.74 Å². The lowest BCUT2D eigenvalue weighted by molar-refractivity contribution is -0.118. The molecule has 1 aliphatic heterocycles. The molecule has 1 aliphatic rings. The van der Waals surface area contributed by atoms with Crippen LogP contribution in [0.1, 0.15) is 6.92 Å². The van der Waals surface area contributed by atoms with Crippen LogP contribution in [0.5, 0.6) is 0 Å². The number of ether oxygens (including phenoxy) is 1. The molecule has 8 nitrogen and oxygen atoms in total. The third-order valence-electron chi connectivity index (χ3n) is 3.08. The summed E-state index contributed by atoms with van der Waals surface area (Å²) in [7, 11) is 1.61. The molecule has 22 heavy (non-hydrogen) atoms. The lowest BCUT2D eigenvalue weighted by atomic mass is 10.3. The Hall–Kier alpha value is -1.55. The summed E-state index contributed by atoms with van der Waals surface area (Å²) in [6.45, 7) is 4.81. The highest BCUT2D eigenvalue weighted by molar-refractivity contribution is 8.01. The summed E-state index contributed by atoms with van der Waals surface area (Å²) in [6.07, 6.45) is -0.263. The number of rotatable bonds is 5. The summed E-state index contributed by atoms with van der Waals surface area (Å²) >= 11 is 2.84. The predicted molar refractivity (Wildman–Crippen MR) is 85.5 cm³/mol. The lowest BCUT2D eigenvalue weighted by Gasteiger charge is -2.33. The normalized spacial score (nSPS) is 14.8. The van der Waals surface area contributed by atoms with Gasteiger partial charge in [0.25, 0.3) is 0 Å². The van der Waals surface area contributed by atoms with E-state index in [1.165, 1.54) is 23.1 Å². The first-order valence-corrected chi connectivity index (χ1v) is 8.77. The van der Waals surface area contributed by atoms with Crippen LogP contribution in [0.4, 0.5) is 9.93 Å². The number of piperazine rings is 1. The average Bonchev–Trinajstić information content (AvgIpc) is 3.02. The standard InChI is InChI=1S/C12H19N5O3S2/c1-3-20-12(19)17-6-4-16(5-7-17)10-14-15-11(22-10)21-8-9(18)13-2/h3-8H2,1-2H3,(H,13,18). The maximum atomic E-state index is 11.6. The zero-order chi connectivity index (χ0) is 15.9. The number of nitrogens with zero attached hydrogens (tertiary/aromatic N) is 4. The van der Waals surface area contributed by atoms with Crippen LogP contribution in [-0.2, 0) is 9.53 Å². The SMILES string of the molecule is CCOC(=O)N1CCN(c2nnc(SCC(=O)NC)s2)CC1. The van der Waals surface area contributed by atoms with Crippen LogP contribution in [0.3, 0.4) is 0 Å². The molecule has 0 radical (unpaired) electrons. The van der Waals surface area contributed by atoms with Crippen molar-refractivity contribution in [2.45, 2.75) is 11.3 Å². The van der Waals surface area contributed by atoms with Gasteiger partial charge in [-0.2, -0.15) is 0 Å². The summed E-state index contributed by atoms with van der Waals surface area (Å²) in [5, 5.41) is 11.6. The summed E-state index contributed by atoms with van der Waals surface area (Å²) in [5.74, 6) is 0.298. The van der Waals surface area contributed by atoms with Crippen molar-refractivity contribution in [1.82, 2.24) is 20.4 Å². The van der Waals surface area contributed by atoms with Gasteiger partial charge in [-0.25, -0.2) is 4.79 Å². The summed E-state index contributed by atoms with van der Waals surface area (Å²) in [4.78, 5) is 26.6. The summed E-state index contributed by atoms with van der Waals surface area (Å²) in [5.41, 5.74) is 0. The van der Waals surface area contributed by atoms with Crippen LogP contribution in [-0.4, -0.2) is 72.7 Å². The van der Waals surface area contributed by atoms with Gasteiger partial charge in [0.1, 0.15) is 0 Å². The topological polar surface area (TPSA) is 87.7 Å². The molecule has 0 saturated carbocycles. The molecule has 2 heterocycles. The Labute approximate surface area is 137 Å². The van der Waals surface area contributed by atoms with E-state index in [9.17, 15) is 9.59 Å². The minimum atomic E-state index is -0.263. The minimum absolute atomic E-state index is 0.0372. The molecule has 0 aliphatic carbocycles. The van der Waals surface area contributed by atoms with Crippen LogP contribution < -0.4 is 10.2 Å². The van der Waals surface area contributed by atoms with Crippen molar-refractivity contribution in [3.8, 4) is 0 Å². The number of carbonyl (C=O) groups is 2. The highest BCUT2D eigenvalue weighted by Gasteiger charge is 2.24. The molecule has 1 aromatic heterocycles. The van der Waals surface area contributed by atoms with E-state index in [0.29, 0.717) is 38.5 Å². The fourth-order valence-electron chi connectivity index (χ4n) is 1.88. The second-order valence-electron chi connectivity index (χ2n) is 4.49. The molecule has 1 saturated heterocycles. The van der Waals surface area contributed by atoms with E-state index in [1.54, 1.807) is 18.9 Å². The Morgan fingerprint density at radius 1 is 1.32 bits per heavy atom. The van der Waals surface area contributed by atoms with Gasteiger partial charge in [0, 0.05) is 33.2 Å². The van der Waals surface area contributed by atoms with E-state index in [-0.39, 0.29) is 12.0 Å². The Balaban J connectivity index is 1.83. The zero-order valence-corrected chi connectivity index (χ0v) is 14.2. The molecule has 0 unspecified atom stereocenters. The van der Waals surface area contributed by atoms with E-state index < -0.39 is 0 Å². The van der Waals surface area contributed by atoms with Crippen molar-refractivity contribution >= 4 is 40.2 Å². The van der Waals surface area contributed by atoms with Crippen molar-refractivity contribution < 1.29 is 14.3 Å². The molecule has 10 heteroatoms. The number of carbonyl (C=O) groups excluding carboxylic acids is 2. The molecule has 0 aromatic carbocycles. The van der Waals surface area contributed by atoms with Gasteiger partial charge in [0.15, 0.2) is 4.34 Å². The molecular formula is C12H19N5O3S2. The number of nitrogens with one attached hydrogen (secondary N) is 1. The highest BCUT2D eigenvalue weighted by Crippen LogP contribution is 2.28. The van der Waals surface area contributed by atoms with Crippen LogP contribution >= 0.6 is 23.1 Å². The number of anilines is 1. The predicted octanol–water partition coefficient (Wildman–Crippen LogP) is 0.655. The van der Waals surface area contributed by atoms with Crippen molar-refractivity contribution in [2.24, 2.45) is 0 Å². The van der Waals surface area contributed by atoms with Gasteiger partial charge in [-0.15, -0.1) is 10.2 Å². The first-order valence-electron chi connectivity index (χ1n) is 6.97. The number of aromatic nitrogens is 2. The molecule has 1 aromatic rings. The number of amides is 2. The van der Waals surface area contributed by atoms with Crippen LogP contribution in [0.15, 0.2) is 4.34 Å². The number of hydrogen-bond acceptors (Lipinski definition) is 8. The highest BCUT2D eigenvalue weighted by atomic mass is 32.2. The Bertz CT molecular complexity index is 517. The number of hydrogen-bond donors (Lipinski definition) is 1. The summed E-state index contributed by atoms with van der Waals surface area (Å²) < 4.78 is 5.76. The molecule has 1 N–H and O–H groups in total. The quantitative estimate of drug-likeness (QED) is 0.784. The third kappa shape index (κ3) is 4.47. The molecule has 1 fully saturated rings. The van der Waals surface area contributed by atoms with E-state index in [2.05, 4.69) is 20.4 Å². The monoisotopic (exact) mass is 345 g/mol. The zero-order valence-electron chi connectivity index (χ0n) is 12.6. The van der Waals surface area contributed by atoms with Gasteiger partial charge in [-0.05, 0) is 6.92 Å². The van der Waals surface area contributed by atoms with Crippen molar-refractivity contribution in [3.63, 3.8) is 0 Å². The molecule has 122 valence electrons. The first kappa shape index (κ1) is 16.8. The third-order valence-corrected chi connectivity index (χ3v) is 5.19. The van der Waals surface area contributed by atoms with Crippen molar-refractivity contribution in [3.05, 3.63) is 0 Å². The van der Waals surface area contributed by atoms with Crippen molar-refractivity contribution in [2.75, 3.05) is 50.5 Å². The number of thioether (sulfide) groups is 1. The van der Waals surface area contributed by atoms with E-state index in [0.717, 1.165) is 9.47 Å². The van der Waals surface area contributed by atoms with Crippen LogP contribution in [0, 0.1) is 0 Å². The maximum absolute atomic E-state index is 11.6. The van der Waals surface area contributed by atoms with Gasteiger partial charge >= 0.3 is 6.09 Å². The molecule has 0 atom stereocenters. The molecular weight excluding hydrogens is 326 g/mol. The average molecular weight is 345 g/mol. The largest absolute Gasteiger partial charge is 0.450 e. The van der Waals surface area contributed by atoms with Gasteiger partial charge < -0.3 is 19.9 Å². The lowest BCUT2D eigenvalue weighted by Crippen LogP contribution is -2.49. The fraction of sp³-hybridized carbons (Fsp3) is 0.667. The van der Waals surface area contributed by atoms with Gasteiger partial charge in [-0.3, -0.25) is 4.79 Å². The molecule has 0 spiro atoms. The van der Waals surface area contributed by atoms with Crippen LogP contribution in [0.25, 0.3) is 0 Å². The van der Waals surface area contributed by atoms with Crippen molar-refractivity contribution in [1.29, 1.82) is 0 Å².